The number of sulfonamides is 1. The monoisotopic (exact) mass is 368 g/mol. The lowest BCUT2D eigenvalue weighted by atomic mass is 9.96. The highest BCUT2D eigenvalue weighted by Gasteiger charge is 2.27. The minimum absolute atomic E-state index is 0.167. The molecule has 0 saturated carbocycles. The van der Waals surface area contributed by atoms with Crippen molar-refractivity contribution in [3.05, 3.63) is 28.3 Å². The van der Waals surface area contributed by atoms with Gasteiger partial charge in [0.15, 0.2) is 0 Å². The van der Waals surface area contributed by atoms with Crippen molar-refractivity contribution in [2.75, 3.05) is 37.6 Å². The molecule has 0 amide bonds. The number of primary sulfonamides is 1. The molecule has 0 radical (unpaired) electrons. The molecule has 0 aromatic heterocycles. The minimum atomic E-state index is -4.03. The fraction of sp³-hybridized carbons (Fsp3) is 0.625. The van der Waals surface area contributed by atoms with Crippen LogP contribution in [0.1, 0.15) is 25.7 Å². The summed E-state index contributed by atoms with van der Waals surface area (Å²) in [5, 5.41) is 16.2. The number of nitrogens with zero attached hydrogens (tertiary/aromatic N) is 3. The summed E-state index contributed by atoms with van der Waals surface area (Å²) < 4.78 is 23.8. The third-order valence-electron chi connectivity index (χ3n) is 5.13. The second-order valence-corrected chi connectivity index (χ2v) is 8.42. The number of nitrogens with two attached hydrogens (primary N) is 1. The quantitative estimate of drug-likeness (QED) is 0.624. The Balaban J connectivity index is 1.73. The van der Waals surface area contributed by atoms with E-state index in [4.69, 9.17) is 5.14 Å². The zero-order valence-electron chi connectivity index (χ0n) is 14.1. The van der Waals surface area contributed by atoms with Crippen LogP contribution in [0.3, 0.4) is 0 Å². The van der Waals surface area contributed by atoms with E-state index in [1.54, 1.807) is 0 Å². The lowest BCUT2D eigenvalue weighted by Gasteiger charge is -2.35. The third-order valence-corrected chi connectivity index (χ3v) is 6.07. The summed E-state index contributed by atoms with van der Waals surface area (Å²) in [5.41, 5.74) is 0.199. The van der Waals surface area contributed by atoms with E-state index in [9.17, 15) is 18.5 Å². The number of hydrogen-bond acceptors (Lipinski definition) is 6. The van der Waals surface area contributed by atoms with E-state index in [2.05, 4.69) is 4.90 Å². The molecule has 9 heteroatoms. The van der Waals surface area contributed by atoms with Gasteiger partial charge >= 0.3 is 0 Å². The molecule has 1 aromatic carbocycles. The Bertz CT molecular complexity index is 739. The zero-order chi connectivity index (χ0) is 18.0. The number of hydrogen-bond donors (Lipinski definition) is 1. The average Bonchev–Trinajstić information content (AvgIpc) is 3.07. The van der Waals surface area contributed by atoms with Crippen LogP contribution in [0.25, 0.3) is 0 Å². The lowest BCUT2D eigenvalue weighted by molar-refractivity contribution is -0.385. The first kappa shape index (κ1) is 18.1. The molecule has 25 heavy (non-hydrogen) atoms. The number of nitro groups is 1. The Hall–Kier alpha value is -1.71. The topological polar surface area (TPSA) is 110 Å². The van der Waals surface area contributed by atoms with E-state index in [1.165, 1.54) is 38.1 Å². The highest BCUT2D eigenvalue weighted by atomic mass is 32.2. The number of likely N-dealkylation sites (tertiary alicyclic amines) is 1. The Kier molecular flexibility index (Phi) is 5.26. The number of benzene rings is 1. The fourth-order valence-electron chi connectivity index (χ4n) is 3.79. The summed E-state index contributed by atoms with van der Waals surface area (Å²) in [6, 6.07) is 3.89. The Morgan fingerprint density at radius 2 is 1.80 bits per heavy atom. The van der Waals surface area contributed by atoms with Crippen LogP contribution >= 0.6 is 0 Å². The summed E-state index contributed by atoms with van der Waals surface area (Å²) in [6.45, 7) is 4.93. The maximum atomic E-state index is 11.9. The van der Waals surface area contributed by atoms with Gasteiger partial charge in [-0.2, -0.15) is 0 Å². The molecule has 2 heterocycles. The van der Waals surface area contributed by atoms with E-state index < -0.39 is 14.9 Å². The smallest absolute Gasteiger partial charge is 0.270 e. The number of non-ortho nitro benzene ring substituents is 1. The van der Waals surface area contributed by atoms with E-state index in [1.807, 2.05) is 4.90 Å². The van der Waals surface area contributed by atoms with Crippen molar-refractivity contribution < 1.29 is 13.3 Å². The molecule has 0 spiro atoms. The van der Waals surface area contributed by atoms with Crippen LogP contribution in [0.2, 0.25) is 0 Å². The van der Waals surface area contributed by atoms with E-state index in [-0.39, 0.29) is 10.6 Å². The van der Waals surface area contributed by atoms with Crippen molar-refractivity contribution in [1.82, 2.24) is 4.90 Å². The fourth-order valence-corrected chi connectivity index (χ4v) is 4.57. The Morgan fingerprint density at radius 3 is 2.36 bits per heavy atom. The van der Waals surface area contributed by atoms with E-state index in [0.717, 1.165) is 38.5 Å². The summed E-state index contributed by atoms with van der Waals surface area (Å²) in [5.74, 6) is 0.616. The van der Waals surface area contributed by atoms with Crippen molar-refractivity contribution in [2.45, 2.75) is 30.6 Å². The molecule has 2 aliphatic rings. The standard InChI is InChI=1S/C16H24N4O4S/c17-25(23,24)16-11-14(20(21)22)3-4-15(16)19-9-5-13(6-10-19)12-18-7-1-2-8-18/h3-4,11,13H,1-2,5-10,12H2,(H2,17,23,24). The first-order chi connectivity index (χ1) is 11.8. The van der Waals surface area contributed by atoms with Gasteiger partial charge in [-0.1, -0.05) is 0 Å². The van der Waals surface area contributed by atoms with Gasteiger partial charge in [0.1, 0.15) is 4.90 Å². The van der Waals surface area contributed by atoms with Gasteiger partial charge in [0.2, 0.25) is 10.0 Å². The third kappa shape index (κ3) is 4.28. The molecule has 8 nitrogen and oxygen atoms in total. The number of nitro benzene ring substituents is 1. The highest BCUT2D eigenvalue weighted by Crippen LogP contribution is 2.32. The van der Waals surface area contributed by atoms with Crippen LogP contribution in [0.5, 0.6) is 0 Å². The summed E-state index contributed by atoms with van der Waals surface area (Å²) >= 11 is 0. The average molecular weight is 368 g/mol. The second-order valence-electron chi connectivity index (χ2n) is 6.89. The van der Waals surface area contributed by atoms with Crippen molar-refractivity contribution in [3.8, 4) is 0 Å². The first-order valence-electron chi connectivity index (χ1n) is 8.63. The number of piperidine rings is 1. The van der Waals surface area contributed by atoms with Gasteiger partial charge in [0.25, 0.3) is 5.69 Å². The van der Waals surface area contributed by atoms with Crippen molar-refractivity contribution in [3.63, 3.8) is 0 Å². The molecule has 1 aromatic rings. The molecule has 3 rings (SSSR count). The van der Waals surface area contributed by atoms with Gasteiger partial charge in [0.05, 0.1) is 10.6 Å². The Labute approximate surface area is 147 Å². The number of rotatable bonds is 5. The van der Waals surface area contributed by atoms with Gasteiger partial charge in [-0.3, -0.25) is 10.1 Å². The molecule has 0 atom stereocenters. The molecule has 138 valence electrons. The maximum absolute atomic E-state index is 11.9. The first-order valence-corrected chi connectivity index (χ1v) is 10.2. The van der Waals surface area contributed by atoms with Gasteiger partial charge in [-0.15, -0.1) is 0 Å². The molecule has 2 fully saturated rings. The zero-order valence-corrected chi connectivity index (χ0v) is 15.0. The largest absolute Gasteiger partial charge is 0.370 e. The van der Waals surface area contributed by atoms with Crippen molar-refractivity contribution >= 4 is 21.4 Å². The predicted molar refractivity (Wildman–Crippen MR) is 95.1 cm³/mol. The van der Waals surface area contributed by atoms with Gasteiger partial charge in [-0.05, 0) is 50.8 Å². The van der Waals surface area contributed by atoms with E-state index >= 15 is 0 Å². The summed E-state index contributed by atoms with van der Waals surface area (Å²) in [7, 11) is -4.03. The van der Waals surface area contributed by atoms with Gasteiger partial charge < -0.3 is 9.80 Å². The lowest BCUT2D eigenvalue weighted by Crippen LogP contribution is -2.38. The Morgan fingerprint density at radius 1 is 1.16 bits per heavy atom. The summed E-state index contributed by atoms with van der Waals surface area (Å²) in [6.07, 6.45) is 4.52. The van der Waals surface area contributed by atoms with Crippen molar-refractivity contribution in [2.24, 2.45) is 11.1 Å². The molecule has 0 bridgehead atoms. The highest BCUT2D eigenvalue weighted by molar-refractivity contribution is 7.89. The second kappa shape index (κ2) is 7.27. The normalized spacial score (nSPS) is 20.1. The van der Waals surface area contributed by atoms with Crippen LogP contribution in [0.4, 0.5) is 11.4 Å². The molecule has 0 unspecified atom stereocenters. The predicted octanol–water partition coefficient (Wildman–Crippen LogP) is 1.55. The molecule has 2 N–H and O–H groups in total. The molecular weight excluding hydrogens is 344 g/mol. The molecule has 2 aliphatic heterocycles. The number of anilines is 1. The van der Waals surface area contributed by atoms with Crippen LogP contribution in [-0.2, 0) is 10.0 Å². The van der Waals surface area contributed by atoms with Gasteiger partial charge in [-0.25, -0.2) is 13.6 Å². The van der Waals surface area contributed by atoms with Crippen LogP contribution in [-0.4, -0.2) is 51.0 Å². The summed E-state index contributed by atoms with van der Waals surface area (Å²) in [4.78, 5) is 14.6. The van der Waals surface area contributed by atoms with Gasteiger partial charge in [0, 0.05) is 31.8 Å². The molecule has 2 saturated heterocycles. The molecular formula is C16H24N4O4S. The minimum Gasteiger partial charge on any atom is -0.370 e. The van der Waals surface area contributed by atoms with Crippen LogP contribution in [0.15, 0.2) is 23.1 Å². The van der Waals surface area contributed by atoms with Crippen molar-refractivity contribution in [1.29, 1.82) is 0 Å². The van der Waals surface area contributed by atoms with Crippen LogP contribution < -0.4 is 10.0 Å². The maximum Gasteiger partial charge on any atom is 0.270 e. The van der Waals surface area contributed by atoms with E-state index in [0.29, 0.717) is 11.6 Å². The van der Waals surface area contributed by atoms with Crippen LogP contribution in [0, 0.1) is 16.0 Å². The molecule has 0 aliphatic carbocycles. The SMILES string of the molecule is NS(=O)(=O)c1cc([N+](=O)[O-])ccc1N1CCC(CN2CCCC2)CC1.